The van der Waals surface area contributed by atoms with Crippen molar-refractivity contribution in [2.24, 2.45) is 7.05 Å². The second-order valence-corrected chi connectivity index (χ2v) is 6.85. The predicted octanol–water partition coefficient (Wildman–Crippen LogP) is 2.80. The van der Waals surface area contributed by atoms with Crippen molar-refractivity contribution in [3.63, 3.8) is 0 Å². The third-order valence-electron chi connectivity index (χ3n) is 4.67. The molecule has 2 heterocycles. The van der Waals surface area contributed by atoms with Gasteiger partial charge >= 0.3 is 6.03 Å². The molecule has 7 heteroatoms. The van der Waals surface area contributed by atoms with Crippen LogP contribution in [0.1, 0.15) is 36.1 Å². The molecule has 2 amide bonds. The first kappa shape index (κ1) is 19.2. The number of aromatic nitrogens is 2. The largest absolute Gasteiger partial charge is 0.494 e. The van der Waals surface area contributed by atoms with E-state index in [0.717, 1.165) is 28.9 Å². The van der Waals surface area contributed by atoms with E-state index in [9.17, 15) is 4.79 Å². The molecule has 1 aromatic heterocycles. The Hall–Kier alpha value is -2.54. The number of rotatable bonds is 6. The van der Waals surface area contributed by atoms with E-state index in [1.54, 1.807) is 15.8 Å². The van der Waals surface area contributed by atoms with Gasteiger partial charge in [-0.3, -0.25) is 4.68 Å². The average Bonchev–Trinajstić information content (AvgIpc) is 3.12. The number of nitrogens with zero attached hydrogens (tertiary/aromatic N) is 3. The first-order valence-electron chi connectivity index (χ1n) is 9.42. The number of hydrogen-bond donors (Lipinski definition) is 1. The van der Waals surface area contributed by atoms with Gasteiger partial charge in [0.25, 0.3) is 0 Å². The van der Waals surface area contributed by atoms with Crippen LogP contribution in [-0.2, 0) is 18.3 Å². The minimum atomic E-state index is -0.130. The lowest BCUT2D eigenvalue weighted by Gasteiger charge is -2.32. The fraction of sp³-hybridized carbons (Fsp3) is 0.500. The van der Waals surface area contributed by atoms with Crippen molar-refractivity contribution < 1.29 is 14.3 Å². The van der Waals surface area contributed by atoms with Gasteiger partial charge in [-0.15, -0.1) is 0 Å². The average molecular weight is 372 g/mol. The molecular formula is C20H28N4O3. The highest BCUT2D eigenvalue weighted by molar-refractivity contribution is 5.74. The fourth-order valence-electron chi connectivity index (χ4n) is 3.10. The van der Waals surface area contributed by atoms with Crippen molar-refractivity contribution in [1.82, 2.24) is 20.0 Å². The van der Waals surface area contributed by atoms with E-state index in [4.69, 9.17) is 9.47 Å². The molecule has 27 heavy (non-hydrogen) atoms. The van der Waals surface area contributed by atoms with Gasteiger partial charge in [-0.1, -0.05) is 13.0 Å². The Bertz CT molecular complexity index is 774. The molecule has 1 saturated heterocycles. The van der Waals surface area contributed by atoms with E-state index >= 15 is 0 Å². The van der Waals surface area contributed by atoms with Crippen LogP contribution in [0.25, 0.3) is 0 Å². The van der Waals surface area contributed by atoms with Crippen LogP contribution in [0.15, 0.2) is 30.6 Å². The Morgan fingerprint density at radius 2 is 2.30 bits per heavy atom. The van der Waals surface area contributed by atoms with Gasteiger partial charge in [0, 0.05) is 31.9 Å². The molecule has 1 atom stereocenters. The summed E-state index contributed by atoms with van der Waals surface area (Å²) in [5, 5.41) is 7.20. The Morgan fingerprint density at radius 3 is 3.00 bits per heavy atom. The van der Waals surface area contributed by atoms with Crippen molar-refractivity contribution in [1.29, 1.82) is 0 Å². The van der Waals surface area contributed by atoms with E-state index in [1.807, 2.05) is 38.4 Å². The molecule has 0 spiro atoms. The number of carbonyl (C=O) groups is 1. The molecule has 1 N–H and O–H groups in total. The summed E-state index contributed by atoms with van der Waals surface area (Å²) >= 11 is 0. The van der Waals surface area contributed by atoms with Crippen molar-refractivity contribution in [3.05, 3.63) is 47.3 Å². The molecule has 146 valence electrons. The topological polar surface area (TPSA) is 68.6 Å². The third kappa shape index (κ3) is 5.01. The predicted molar refractivity (Wildman–Crippen MR) is 103 cm³/mol. The lowest BCUT2D eigenvalue weighted by molar-refractivity contribution is -0.0155. The first-order chi connectivity index (χ1) is 13.1. The zero-order chi connectivity index (χ0) is 19.2. The van der Waals surface area contributed by atoms with Crippen LogP contribution in [0, 0.1) is 6.92 Å². The van der Waals surface area contributed by atoms with Crippen LogP contribution < -0.4 is 10.1 Å². The number of morpholine rings is 1. The minimum Gasteiger partial charge on any atom is -0.494 e. The first-order valence-corrected chi connectivity index (χ1v) is 9.42. The van der Waals surface area contributed by atoms with E-state index in [0.29, 0.717) is 32.8 Å². The number of aryl methyl sites for hydroxylation is 2. The second kappa shape index (κ2) is 8.90. The maximum atomic E-state index is 12.6. The van der Waals surface area contributed by atoms with Crippen molar-refractivity contribution in [2.45, 2.75) is 32.9 Å². The Labute approximate surface area is 160 Å². The molecule has 7 nitrogen and oxygen atoms in total. The van der Waals surface area contributed by atoms with E-state index < -0.39 is 0 Å². The number of amides is 2. The van der Waals surface area contributed by atoms with Crippen LogP contribution in [0.3, 0.4) is 0 Å². The lowest BCUT2D eigenvalue weighted by Crippen LogP contribution is -2.46. The molecule has 0 aliphatic carbocycles. The number of carbonyl (C=O) groups excluding carboxylic acids is 1. The molecule has 1 aliphatic rings. The van der Waals surface area contributed by atoms with Gasteiger partial charge in [-0.05, 0) is 36.6 Å². The number of hydrogen-bond acceptors (Lipinski definition) is 4. The summed E-state index contributed by atoms with van der Waals surface area (Å²) in [6, 6.07) is 5.91. The quantitative estimate of drug-likeness (QED) is 0.847. The molecule has 1 aromatic carbocycles. The number of urea groups is 1. The molecule has 1 fully saturated rings. The van der Waals surface area contributed by atoms with Crippen LogP contribution >= 0.6 is 0 Å². The van der Waals surface area contributed by atoms with Crippen molar-refractivity contribution in [2.75, 3.05) is 26.3 Å². The number of benzene rings is 1. The Morgan fingerprint density at radius 1 is 1.44 bits per heavy atom. The van der Waals surface area contributed by atoms with Crippen LogP contribution in [0.2, 0.25) is 0 Å². The maximum absolute atomic E-state index is 12.6. The van der Waals surface area contributed by atoms with Crippen molar-refractivity contribution in [3.8, 4) is 5.75 Å². The molecule has 0 saturated carbocycles. The highest BCUT2D eigenvalue weighted by Gasteiger charge is 2.26. The lowest BCUT2D eigenvalue weighted by atomic mass is 10.1. The van der Waals surface area contributed by atoms with E-state index in [1.165, 1.54) is 0 Å². The van der Waals surface area contributed by atoms with E-state index in [-0.39, 0.29) is 12.1 Å². The Kier molecular flexibility index (Phi) is 6.34. The standard InChI is InChI=1S/C20H28N4O3/c1-4-8-26-18-6-5-16(15(2)10-18)11-21-20(25)24-7-9-27-19(14-24)17-12-22-23(3)13-17/h5-6,10,12-13,19H,4,7-9,11,14H2,1-3H3,(H,21,25)/t19-/m1/s1. The molecule has 1 aliphatic heterocycles. The monoisotopic (exact) mass is 372 g/mol. The normalized spacial score (nSPS) is 17.0. The van der Waals surface area contributed by atoms with Gasteiger partial charge in [0.1, 0.15) is 11.9 Å². The highest BCUT2D eigenvalue weighted by atomic mass is 16.5. The molecular weight excluding hydrogens is 344 g/mol. The summed E-state index contributed by atoms with van der Waals surface area (Å²) in [5.41, 5.74) is 3.19. The SMILES string of the molecule is CCCOc1ccc(CNC(=O)N2CCO[C@@H](c3cnn(C)c3)C2)c(C)c1. The van der Waals surface area contributed by atoms with Crippen LogP contribution in [0.4, 0.5) is 4.79 Å². The molecule has 2 aromatic rings. The van der Waals surface area contributed by atoms with E-state index in [2.05, 4.69) is 17.3 Å². The molecule has 3 rings (SSSR count). The zero-order valence-corrected chi connectivity index (χ0v) is 16.3. The van der Waals surface area contributed by atoms with Gasteiger partial charge in [0.2, 0.25) is 0 Å². The Balaban J connectivity index is 1.54. The van der Waals surface area contributed by atoms with Gasteiger partial charge in [0.15, 0.2) is 0 Å². The summed E-state index contributed by atoms with van der Waals surface area (Å²) in [6.45, 7) is 6.97. The summed E-state index contributed by atoms with van der Waals surface area (Å²) in [6.07, 6.45) is 4.57. The summed E-state index contributed by atoms with van der Waals surface area (Å²) in [7, 11) is 1.87. The summed E-state index contributed by atoms with van der Waals surface area (Å²) in [5.74, 6) is 0.872. The molecule has 0 bridgehead atoms. The fourth-order valence-corrected chi connectivity index (χ4v) is 3.10. The van der Waals surface area contributed by atoms with Crippen molar-refractivity contribution >= 4 is 6.03 Å². The third-order valence-corrected chi connectivity index (χ3v) is 4.67. The summed E-state index contributed by atoms with van der Waals surface area (Å²) in [4.78, 5) is 14.4. The van der Waals surface area contributed by atoms with Gasteiger partial charge in [0.05, 0.1) is 26.0 Å². The zero-order valence-electron chi connectivity index (χ0n) is 16.3. The summed E-state index contributed by atoms with van der Waals surface area (Å²) < 4.78 is 13.2. The maximum Gasteiger partial charge on any atom is 0.317 e. The van der Waals surface area contributed by atoms with Gasteiger partial charge < -0.3 is 19.7 Å². The number of ether oxygens (including phenoxy) is 2. The number of nitrogens with one attached hydrogen (secondary N) is 1. The smallest absolute Gasteiger partial charge is 0.317 e. The molecule has 0 radical (unpaired) electrons. The second-order valence-electron chi connectivity index (χ2n) is 6.85. The van der Waals surface area contributed by atoms with Crippen LogP contribution in [0.5, 0.6) is 5.75 Å². The van der Waals surface area contributed by atoms with Crippen LogP contribution in [-0.4, -0.2) is 47.0 Å². The highest BCUT2D eigenvalue weighted by Crippen LogP contribution is 2.22. The van der Waals surface area contributed by atoms with Gasteiger partial charge in [-0.2, -0.15) is 5.10 Å². The molecule has 0 unspecified atom stereocenters. The minimum absolute atomic E-state index is 0.0714. The van der Waals surface area contributed by atoms with Gasteiger partial charge in [-0.25, -0.2) is 4.79 Å².